The molecule has 0 atom stereocenters. The molecule has 0 aliphatic rings. The predicted molar refractivity (Wildman–Crippen MR) is 119 cm³/mol. The molecule has 0 saturated carbocycles. The van der Waals surface area contributed by atoms with Crippen LogP contribution >= 0.6 is 0 Å². The molecule has 0 spiro atoms. The minimum atomic E-state index is -0.143. The molecule has 0 radical (unpaired) electrons. The maximum absolute atomic E-state index is 12.2. The molecule has 1 amide bonds. The number of hydrogen-bond donors (Lipinski definition) is 3. The average Bonchev–Trinajstić information content (AvgIpc) is 2.58. The van der Waals surface area contributed by atoms with Crippen molar-refractivity contribution in [3.8, 4) is 5.75 Å². The van der Waals surface area contributed by atoms with Crippen molar-refractivity contribution in [2.24, 2.45) is 0 Å². The van der Waals surface area contributed by atoms with Crippen LogP contribution in [0, 0.1) is 0 Å². The lowest BCUT2D eigenvalue weighted by Gasteiger charge is -2.28. The van der Waals surface area contributed by atoms with Gasteiger partial charge in [0.2, 0.25) is 5.91 Å². The van der Waals surface area contributed by atoms with E-state index in [1.54, 1.807) is 0 Å². The van der Waals surface area contributed by atoms with Gasteiger partial charge in [-0.25, -0.2) is 0 Å². The Balaban J connectivity index is 2.65. The van der Waals surface area contributed by atoms with Crippen LogP contribution in [0.4, 0.5) is 0 Å². The molecule has 160 valence electrons. The first kappa shape index (κ1) is 24.5. The van der Waals surface area contributed by atoms with Crippen molar-refractivity contribution in [1.82, 2.24) is 10.6 Å². The molecule has 0 aliphatic heterocycles. The van der Waals surface area contributed by atoms with Crippen molar-refractivity contribution in [3.63, 3.8) is 0 Å². The zero-order valence-electron chi connectivity index (χ0n) is 19.2. The summed E-state index contributed by atoms with van der Waals surface area (Å²) in [6, 6.07) is 4.14. The van der Waals surface area contributed by atoms with E-state index in [9.17, 15) is 9.90 Å². The maximum atomic E-state index is 12.2. The molecule has 1 aromatic carbocycles. The molecule has 28 heavy (non-hydrogen) atoms. The lowest BCUT2D eigenvalue weighted by molar-refractivity contribution is -0.121. The Morgan fingerprint density at radius 3 is 1.86 bits per heavy atom. The Morgan fingerprint density at radius 1 is 0.893 bits per heavy atom. The average molecular weight is 391 g/mol. The molecule has 0 unspecified atom stereocenters. The van der Waals surface area contributed by atoms with Crippen molar-refractivity contribution >= 4 is 5.91 Å². The highest BCUT2D eigenvalue weighted by molar-refractivity contribution is 5.76. The Labute approximate surface area is 172 Å². The number of phenolic OH excluding ortho intramolecular Hbond substituents is 1. The van der Waals surface area contributed by atoms with Crippen LogP contribution in [0.3, 0.4) is 0 Å². The summed E-state index contributed by atoms with van der Waals surface area (Å²) in [7, 11) is 1.98. The first-order valence-electron chi connectivity index (χ1n) is 10.7. The first-order chi connectivity index (χ1) is 13.0. The van der Waals surface area contributed by atoms with Gasteiger partial charge in [-0.2, -0.15) is 0 Å². The summed E-state index contributed by atoms with van der Waals surface area (Å²) in [5, 5.41) is 17.0. The van der Waals surface area contributed by atoms with Crippen molar-refractivity contribution in [2.45, 2.75) is 90.9 Å². The molecule has 0 aliphatic carbocycles. The fourth-order valence-corrected chi connectivity index (χ4v) is 3.34. The van der Waals surface area contributed by atoms with Crippen molar-refractivity contribution < 1.29 is 9.90 Å². The monoisotopic (exact) mass is 390 g/mol. The summed E-state index contributed by atoms with van der Waals surface area (Å²) in [6.45, 7) is 14.5. The van der Waals surface area contributed by atoms with E-state index in [0.717, 1.165) is 42.6 Å². The minimum absolute atomic E-state index is 0.109. The molecule has 0 fully saturated rings. The van der Waals surface area contributed by atoms with Gasteiger partial charge in [0, 0.05) is 13.0 Å². The fourth-order valence-electron chi connectivity index (χ4n) is 3.34. The molecule has 1 aromatic rings. The normalized spacial score (nSPS) is 12.2. The molecule has 1 rings (SSSR count). The van der Waals surface area contributed by atoms with Crippen molar-refractivity contribution in [2.75, 3.05) is 20.1 Å². The maximum Gasteiger partial charge on any atom is 0.220 e. The highest BCUT2D eigenvalue weighted by Crippen LogP contribution is 2.39. The van der Waals surface area contributed by atoms with E-state index in [1.165, 1.54) is 12.8 Å². The fraction of sp³-hybridized carbons (Fsp3) is 0.708. The van der Waals surface area contributed by atoms with Gasteiger partial charge in [0.1, 0.15) is 5.75 Å². The summed E-state index contributed by atoms with van der Waals surface area (Å²) < 4.78 is 0. The first-order valence-corrected chi connectivity index (χ1v) is 10.7. The van der Waals surface area contributed by atoms with Gasteiger partial charge in [0.25, 0.3) is 0 Å². The molecule has 0 heterocycles. The van der Waals surface area contributed by atoms with Crippen LogP contribution in [0.25, 0.3) is 0 Å². The highest BCUT2D eigenvalue weighted by Gasteiger charge is 2.26. The lowest BCUT2D eigenvalue weighted by Crippen LogP contribution is -2.25. The Kier molecular flexibility index (Phi) is 9.49. The zero-order valence-corrected chi connectivity index (χ0v) is 19.2. The van der Waals surface area contributed by atoms with Crippen molar-refractivity contribution in [3.05, 3.63) is 28.8 Å². The molecular formula is C24H42N2O2. The largest absolute Gasteiger partial charge is 0.507 e. The van der Waals surface area contributed by atoms with Gasteiger partial charge in [-0.1, -0.05) is 66.5 Å². The molecular weight excluding hydrogens is 348 g/mol. The topological polar surface area (TPSA) is 61.4 Å². The van der Waals surface area contributed by atoms with Crippen LogP contribution in [0.1, 0.15) is 90.3 Å². The van der Waals surface area contributed by atoms with E-state index in [2.05, 4.69) is 64.3 Å². The van der Waals surface area contributed by atoms with Crippen LogP contribution in [0.15, 0.2) is 12.1 Å². The van der Waals surface area contributed by atoms with Crippen molar-refractivity contribution in [1.29, 1.82) is 0 Å². The molecule has 4 heteroatoms. The highest BCUT2D eigenvalue weighted by atomic mass is 16.3. The van der Waals surface area contributed by atoms with Crippen LogP contribution in [-0.2, 0) is 22.0 Å². The summed E-state index contributed by atoms with van der Waals surface area (Å²) >= 11 is 0. The number of hydrogen-bond acceptors (Lipinski definition) is 3. The van der Waals surface area contributed by atoms with Gasteiger partial charge in [-0.3, -0.25) is 4.79 Å². The van der Waals surface area contributed by atoms with E-state index >= 15 is 0 Å². The molecule has 4 nitrogen and oxygen atoms in total. The second-order valence-electron chi connectivity index (χ2n) is 9.91. The third kappa shape index (κ3) is 8.22. The third-order valence-corrected chi connectivity index (χ3v) is 5.10. The molecule has 0 aromatic heterocycles. The summed E-state index contributed by atoms with van der Waals surface area (Å²) in [5.41, 5.74) is 2.74. The van der Waals surface area contributed by atoms with E-state index < -0.39 is 0 Å². The molecule has 0 saturated heterocycles. The SMILES string of the molecule is CNCCCCCCNC(=O)CCc1cc(C(C)(C)C)c(O)c(C(C)(C)C)c1. The number of carbonyl (C=O) groups is 1. The number of rotatable bonds is 10. The predicted octanol–water partition coefficient (Wildman–Crippen LogP) is 4.82. The van der Waals surface area contributed by atoms with E-state index in [-0.39, 0.29) is 16.7 Å². The molecule has 3 N–H and O–H groups in total. The summed E-state index contributed by atoms with van der Waals surface area (Å²) in [5.74, 6) is 0.504. The standard InChI is InChI=1S/C24H42N2O2/c1-23(2,3)19-16-18(17-20(22(19)28)24(4,5)6)12-13-21(27)26-15-11-9-8-10-14-25-7/h16-17,25,28H,8-15H2,1-7H3,(H,26,27). The Hall–Kier alpha value is -1.55. The number of unbranched alkanes of at least 4 members (excludes halogenated alkanes) is 3. The quantitative estimate of drug-likeness (QED) is 0.502. The van der Waals surface area contributed by atoms with Crippen LogP contribution in [0.2, 0.25) is 0 Å². The number of aromatic hydroxyl groups is 1. The van der Waals surface area contributed by atoms with Crippen LogP contribution < -0.4 is 10.6 Å². The summed E-state index contributed by atoms with van der Waals surface area (Å²) in [6.07, 6.45) is 5.77. The minimum Gasteiger partial charge on any atom is -0.507 e. The van der Waals surface area contributed by atoms with Gasteiger partial charge in [0.05, 0.1) is 0 Å². The van der Waals surface area contributed by atoms with Gasteiger partial charge in [-0.15, -0.1) is 0 Å². The number of benzene rings is 1. The third-order valence-electron chi connectivity index (χ3n) is 5.10. The Bertz CT molecular complexity index is 589. The summed E-state index contributed by atoms with van der Waals surface area (Å²) in [4.78, 5) is 12.2. The molecule has 0 bridgehead atoms. The lowest BCUT2D eigenvalue weighted by atomic mass is 9.78. The van der Waals surface area contributed by atoms with E-state index in [1.807, 2.05) is 7.05 Å². The van der Waals surface area contributed by atoms with Crippen LogP contribution in [-0.4, -0.2) is 31.2 Å². The van der Waals surface area contributed by atoms with E-state index in [4.69, 9.17) is 0 Å². The van der Waals surface area contributed by atoms with Gasteiger partial charge >= 0.3 is 0 Å². The van der Waals surface area contributed by atoms with Gasteiger partial charge in [0.15, 0.2) is 0 Å². The van der Waals surface area contributed by atoms with Gasteiger partial charge in [-0.05, 0) is 60.4 Å². The smallest absolute Gasteiger partial charge is 0.220 e. The number of carbonyl (C=O) groups excluding carboxylic acids is 1. The second kappa shape index (κ2) is 10.8. The van der Waals surface area contributed by atoms with Gasteiger partial charge < -0.3 is 15.7 Å². The van der Waals surface area contributed by atoms with E-state index in [0.29, 0.717) is 18.6 Å². The number of amides is 1. The number of aryl methyl sites for hydroxylation is 1. The zero-order chi connectivity index (χ0) is 21.4. The van der Waals surface area contributed by atoms with Crippen LogP contribution in [0.5, 0.6) is 5.75 Å². The number of phenols is 1. The second-order valence-corrected chi connectivity index (χ2v) is 9.91. The Morgan fingerprint density at radius 2 is 1.39 bits per heavy atom. The number of nitrogens with one attached hydrogen (secondary N) is 2.